The number of rotatable bonds is 4. The zero-order valence-electron chi connectivity index (χ0n) is 10.9. The van der Waals surface area contributed by atoms with Gasteiger partial charge in [-0.25, -0.2) is 0 Å². The van der Waals surface area contributed by atoms with Gasteiger partial charge in [0.2, 0.25) is 0 Å². The summed E-state index contributed by atoms with van der Waals surface area (Å²) < 4.78 is 5.29. The molecule has 1 fully saturated rings. The highest BCUT2D eigenvalue weighted by Gasteiger charge is 2.23. The van der Waals surface area contributed by atoms with Gasteiger partial charge in [-0.15, -0.1) is 0 Å². The fourth-order valence-corrected chi connectivity index (χ4v) is 2.76. The van der Waals surface area contributed by atoms with E-state index in [0.717, 1.165) is 6.61 Å². The van der Waals surface area contributed by atoms with Crippen molar-refractivity contribution in [2.75, 3.05) is 26.8 Å². The van der Waals surface area contributed by atoms with Crippen LogP contribution in [0.25, 0.3) is 0 Å². The molecule has 1 heterocycles. The second-order valence-electron chi connectivity index (χ2n) is 5.05. The third-order valence-electron chi connectivity index (χ3n) is 3.78. The smallest absolute Gasteiger partial charge is 0.0502 e. The number of hydrogen-bond acceptors (Lipinski definition) is 2. The molecular weight excluding hydrogens is 210 g/mol. The molecule has 0 radical (unpaired) electrons. The predicted octanol–water partition coefficient (Wildman–Crippen LogP) is 3.11. The fourth-order valence-electron chi connectivity index (χ4n) is 2.76. The van der Waals surface area contributed by atoms with Crippen LogP contribution < -0.4 is 0 Å². The summed E-state index contributed by atoms with van der Waals surface area (Å²) >= 11 is 0. The number of hydrogen-bond donors (Lipinski definition) is 0. The molecule has 2 rings (SSSR count). The summed E-state index contributed by atoms with van der Waals surface area (Å²) in [4.78, 5) is 2.59. The van der Waals surface area contributed by atoms with E-state index < -0.39 is 0 Å². The van der Waals surface area contributed by atoms with E-state index in [-0.39, 0.29) is 0 Å². The molecular formula is C15H23NO. The Kier molecular flexibility index (Phi) is 4.57. The largest absolute Gasteiger partial charge is 0.384 e. The molecule has 0 saturated carbocycles. The highest BCUT2D eigenvalue weighted by Crippen LogP contribution is 2.26. The molecule has 1 aromatic carbocycles. The van der Waals surface area contributed by atoms with Gasteiger partial charge in [0, 0.05) is 19.7 Å². The Bertz CT molecular complexity index is 323. The summed E-state index contributed by atoms with van der Waals surface area (Å²) in [5.41, 5.74) is 1.42. The van der Waals surface area contributed by atoms with Crippen LogP contribution in [0, 0.1) is 5.92 Å². The highest BCUT2D eigenvalue weighted by atomic mass is 16.5. The first-order valence-electron chi connectivity index (χ1n) is 6.59. The van der Waals surface area contributed by atoms with Gasteiger partial charge < -0.3 is 4.74 Å². The molecule has 1 aliphatic rings. The Hall–Kier alpha value is -0.860. The number of methoxy groups -OCH3 is 1. The van der Waals surface area contributed by atoms with Crippen LogP contribution in [-0.2, 0) is 4.74 Å². The van der Waals surface area contributed by atoms with Crippen LogP contribution in [0.2, 0.25) is 0 Å². The average Bonchev–Trinajstić information content (AvgIpc) is 2.40. The van der Waals surface area contributed by atoms with Crippen molar-refractivity contribution < 1.29 is 4.74 Å². The van der Waals surface area contributed by atoms with E-state index >= 15 is 0 Å². The molecule has 2 nitrogen and oxygen atoms in total. The lowest BCUT2D eigenvalue weighted by Crippen LogP contribution is -2.38. The number of nitrogens with zero attached hydrogens (tertiary/aromatic N) is 1. The maximum Gasteiger partial charge on any atom is 0.0502 e. The monoisotopic (exact) mass is 233 g/mol. The molecule has 0 amide bonds. The van der Waals surface area contributed by atoms with Gasteiger partial charge in [0.05, 0.1) is 6.61 Å². The quantitative estimate of drug-likeness (QED) is 0.792. The van der Waals surface area contributed by atoms with Crippen LogP contribution in [0.15, 0.2) is 30.3 Å². The van der Waals surface area contributed by atoms with Gasteiger partial charge in [-0.2, -0.15) is 0 Å². The molecule has 1 aliphatic heterocycles. The first kappa shape index (κ1) is 12.6. The van der Waals surface area contributed by atoms with Gasteiger partial charge >= 0.3 is 0 Å². The zero-order chi connectivity index (χ0) is 12.1. The first-order valence-corrected chi connectivity index (χ1v) is 6.59. The minimum Gasteiger partial charge on any atom is -0.384 e. The second-order valence-corrected chi connectivity index (χ2v) is 5.05. The van der Waals surface area contributed by atoms with Crippen molar-refractivity contribution >= 4 is 0 Å². The minimum atomic E-state index is 0.524. The Morgan fingerprint density at radius 3 is 2.82 bits per heavy atom. The van der Waals surface area contributed by atoms with Gasteiger partial charge in [0.1, 0.15) is 0 Å². The molecule has 0 aromatic heterocycles. The molecule has 94 valence electrons. The molecule has 0 bridgehead atoms. The van der Waals surface area contributed by atoms with E-state index in [1.54, 1.807) is 7.11 Å². The standard InChI is InChI=1S/C15H23NO/c1-13(15-8-4-3-5-9-15)16-10-6-7-14(11-16)12-17-2/h3-5,8-9,13-14H,6-7,10-12H2,1-2H3. The SMILES string of the molecule is COCC1CCCN(C(C)c2ccccc2)C1. The summed E-state index contributed by atoms with van der Waals surface area (Å²) in [6.45, 7) is 5.60. The van der Waals surface area contributed by atoms with Crippen LogP contribution >= 0.6 is 0 Å². The van der Waals surface area contributed by atoms with Gasteiger partial charge in [-0.05, 0) is 37.8 Å². The lowest BCUT2D eigenvalue weighted by atomic mass is 9.96. The minimum absolute atomic E-state index is 0.524. The van der Waals surface area contributed by atoms with Crippen LogP contribution in [0.1, 0.15) is 31.4 Å². The second kappa shape index (κ2) is 6.18. The summed E-state index contributed by atoms with van der Waals surface area (Å²) in [5, 5.41) is 0. The Balaban J connectivity index is 1.97. The van der Waals surface area contributed by atoms with Crippen molar-refractivity contribution in [3.8, 4) is 0 Å². The lowest BCUT2D eigenvalue weighted by molar-refractivity contribution is 0.0721. The highest BCUT2D eigenvalue weighted by molar-refractivity contribution is 5.18. The summed E-state index contributed by atoms with van der Waals surface area (Å²) in [7, 11) is 1.81. The van der Waals surface area contributed by atoms with E-state index in [9.17, 15) is 0 Å². The van der Waals surface area contributed by atoms with Crippen molar-refractivity contribution in [2.45, 2.75) is 25.8 Å². The molecule has 2 heteroatoms. The third-order valence-corrected chi connectivity index (χ3v) is 3.78. The van der Waals surface area contributed by atoms with E-state index in [1.165, 1.54) is 31.5 Å². The van der Waals surface area contributed by atoms with Crippen molar-refractivity contribution in [1.29, 1.82) is 0 Å². The summed E-state index contributed by atoms with van der Waals surface area (Å²) in [5.74, 6) is 0.708. The molecule has 2 unspecified atom stereocenters. The zero-order valence-corrected chi connectivity index (χ0v) is 10.9. The Morgan fingerprint density at radius 2 is 2.12 bits per heavy atom. The molecule has 0 N–H and O–H groups in total. The van der Waals surface area contributed by atoms with E-state index in [1.807, 2.05) is 0 Å². The number of ether oxygens (including phenoxy) is 1. The number of piperidine rings is 1. The molecule has 0 aliphatic carbocycles. The van der Waals surface area contributed by atoms with Gasteiger partial charge in [0.15, 0.2) is 0 Å². The average molecular weight is 233 g/mol. The summed E-state index contributed by atoms with van der Waals surface area (Å²) in [6.07, 6.45) is 2.61. The fraction of sp³-hybridized carbons (Fsp3) is 0.600. The van der Waals surface area contributed by atoms with Crippen molar-refractivity contribution in [3.63, 3.8) is 0 Å². The maximum absolute atomic E-state index is 5.29. The van der Waals surface area contributed by atoms with Crippen molar-refractivity contribution in [1.82, 2.24) is 4.90 Å². The molecule has 17 heavy (non-hydrogen) atoms. The molecule has 2 atom stereocenters. The van der Waals surface area contributed by atoms with Crippen molar-refractivity contribution in [2.24, 2.45) is 5.92 Å². The van der Waals surface area contributed by atoms with Crippen LogP contribution in [-0.4, -0.2) is 31.7 Å². The van der Waals surface area contributed by atoms with E-state index in [4.69, 9.17) is 4.74 Å². The van der Waals surface area contributed by atoms with Gasteiger partial charge in [-0.1, -0.05) is 30.3 Å². The maximum atomic E-state index is 5.29. The number of benzene rings is 1. The van der Waals surface area contributed by atoms with Crippen molar-refractivity contribution in [3.05, 3.63) is 35.9 Å². The van der Waals surface area contributed by atoms with Gasteiger partial charge in [0.25, 0.3) is 0 Å². The van der Waals surface area contributed by atoms with Crippen LogP contribution in [0.3, 0.4) is 0 Å². The molecule has 1 saturated heterocycles. The van der Waals surface area contributed by atoms with E-state index in [0.29, 0.717) is 12.0 Å². The lowest BCUT2D eigenvalue weighted by Gasteiger charge is -2.36. The topological polar surface area (TPSA) is 12.5 Å². The predicted molar refractivity (Wildman–Crippen MR) is 71.0 cm³/mol. The Labute approximate surface area is 105 Å². The molecule has 1 aromatic rings. The van der Waals surface area contributed by atoms with Crippen LogP contribution in [0.4, 0.5) is 0 Å². The van der Waals surface area contributed by atoms with Gasteiger partial charge in [-0.3, -0.25) is 4.90 Å². The third kappa shape index (κ3) is 3.30. The normalized spacial score (nSPS) is 23.5. The van der Waals surface area contributed by atoms with Crippen LogP contribution in [0.5, 0.6) is 0 Å². The number of likely N-dealkylation sites (tertiary alicyclic amines) is 1. The molecule has 0 spiro atoms. The van der Waals surface area contributed by atoms with E-state index in [2.05, 4.69) is 42.2 Å². The first-order chi connectivity index (χ1) is 8.31. The summed E-state index contributed by atoms with van der Waals surface area (Å²) in [6, 6.07) is 11.3. The Morgan fingerprint density at radius 1 is 1.35 bits per heavy atom.